The number of nitrogens with zero attached hydrogens (tertiary/aromatic N) is 1. The molecule has 0 atom stereocenters. The maximum absolute atomic E-state index is 5.62. The molecule has 0 aromatic carbocycles. The van der Waals surface area contributed by atoms with Crippen molar-refractivity contribution < 1.29 is 4.42 Å². The largest absolute Gasteiger partial charge is 0.463 e. The first-order valence-corrected chi connectivity index (χ1v) is 5.64. The SMILES string of the molecule is CC1(C)CCCN1Cc1ccc(CN)o1. The molecule has 1 saturated heterocycles. The maximum atomic E-state index is 5.62. The molecule has 3 nitrogen and oxygen atoms in total. The number of furan rings is 1. The molecule has 1 aromatic rings. The number of rotatable bonds is 3. The van der Waals surface area contributed by atoms with Crippen LogP contribution in [0.3, 0.4) is 0 Å². The van der Waals surface area contributed by atoms with E-state index in [2.05, 4.69) is 18.7 Å². The van der Waals surface area contributed by atoms with Gasteiger partial charge in [-0.1, -0.05) is 0 Å². The van der Waals surface area contributed by atoms with Gasteiger partial charge in [-0.15, -0.1) is 0 Å². The molecule has 2 N–H and O–H groups in total. The molecule has 3 heteroatoms. The highest BCUT2D eigenvalue weighted by Crippen LogP contribution is 2.29. The Kier molecular flexibility index (Phi) is 2.85. The fraction of sp³-hybridized carbons (Fsp3) is 0.667. The number of hydrogen-bond acceptors (Lipinski definition) is 3. The minimum atomic E-state index is 0.315. The highest BCUT2D eigenvalue weighted by atomic mass is 16.3. The zero-order valence-corrected chi connectivity index (χ0v) is 9.62. The summed E-state index contributed by atoms with van der Waals surface area (Å²) in [4.78, 5) is 2.48. The van der Waals surface area contributed by atoms with Gasteiger partial charge in [0.05, 0.1) is 13.1 Å². The second kappa shape index (κ2) is 3.99. The van der Waals surface area contributed by atoms with Crippen molar-refractivity contribution in [2.45, 2.75) is 45.3 Å². The van der Waals surface area contributed by atoms with Crippen LogP contribution in [0, 0.1) is 0 Å². The zero-order chi connectivity index (χ0) is 10.9. The summed E-state index contributed by atoms with van der Waals surface area (Å²) in [7, 11) is 0. The number of nitrogens with two attached hydrogens (primary N) is 1. The molecule has 1 aliphatic rings. The molecular formula is C12H20N2O. The van der Waals surface area contributed by atoms with Gasteiger partial charge in [0.2, 0.25) is 0 Å². The van der Waals surface area contributed by atoms with Crippen LogP contribution in [0.15, 0.2) is 16.5 Å². The summed E-state index contributed by atoms with van der Waals surface area (Å²) in [5.41, 5.74) is 5.83. The first-order valence-electron chi connectivity index (χ1n) is 5.64. The summed E-state index contributed by atoms with van der Waals surface area (Å²) in [5.74, 6) is 1.91. The highest BCUT2D eigenvalue weighted by molar-refractivity contribution is 5.07. The maximum Gasteiger partial charge on any atom is 0.118 e. The Morgan fingerprint density at radius 2 is 2.13 bits per heavy atom. The predicted molar refractivity (Wildman–Crippen MR) is 60.3 cm³/mol. The van der Waals surface area contributed by atoms with Crippen LogP contribution in [0.2, 0.25) is 0 Å². The van der Waals surface area contributed by atoms with E-state index in [0.29, 0.717) is 12.1 Å². The third-order valence-electron chi connectivity index (χ3n) is 3.34. The van der Waals surface area contributed by atoms with Gasteiger partial charge in [0.1, 0.15) is 11.5 Å². The molecule has 1 fully saturated rings. The van der Waals surface area contributed by atoms with Crippen LogP contribution < -0.4 is 5.73 Å². The highest BCUT2D eigenvalue weighted by Gasteiger charge is 2.32. The smallest absolute Gasteiger partial charge is 0.118 e. The van der Waals surface area contributed by atoms with Crippen molar-refractivity contribution in [1.82, 2.24) is 4.90 Å². The molecule has 0 spiro atoms. The number of likely N-dealkylation sites (tertiary alicyclic amines) is 1. The van der Waals surface area contributed by atoms with Crippen molar-refractivity contribution in [3.63, 3.8) is 0 Å². The van der Waals surface area contributed by atoms with Crippen LogP contribution in [0.5, 0.6) is 0 Å². The van der Waals surface area contributed by atoms with Gasteiger partial charge in [-0.2, -0.15) is 0 Å². The molecule has 84 valence electrons. The topological polar surface area (TPSA) is 42.4 Å². The van der Waals surface area contributed by atoms with Crippen molar-refractivity contribution in [1.29, 1.82) is 0 Å². The monoisotopic (exact) mass is 208 g/mol. The van der Waals surface area contributed by atoms with Crippen LogP contribution >= 0.6 is 0 Å². The average Bonchev–Trinajstić information content (AvgIpc) is 2.75. The van der Waals surface area contributed by atoms with Crippen LogP contribution in [0.1, 0.15) is 38.2 Å². The van der Waals surface area contributed by atoms with Crippen LogP contribution in [-0.2, 0) is 13.1 Å². The van der Waals surface area contributed by atoms with Crippen molar-refractivity contribution in [3.05, 3.63) is 23.7 Å². The molecule has 0 unspecified atom stereocenters. The molecule has 0 amide bonds. The third kappa shape index (κ3) is 2.24. The Morgan fingerprint density at radius 3 is 2.67 bits per heavy atom. The van der Waals surface area contributed by atoms with Gasteiger partial charge in [0, 0.05) is 5.54 Å². The van der Waals surface area contributed by atoms with E-state index in [4.69, 9.17) is 10.2 Å². The molecular weight excluding hydrogens is 188 g/mol. The van der Waals surface area contributed by atoms with Crippen molar-refractivity contribution in [2.24, 2.45) is 5.73 Å². The van der Waals surface area contributed by atoms with Crippen LogP contribution in [-0.4, -0.2) is 17.0 Å². The Balaban J connectivity index is 2.02. The van der Waals surface area contributed by atoms with Gasteiger partial charge in [0.25, 0.3) is 0 Å². The van der Waals surface area contributed by atoms with Gasteiger partial charge in [-0.3, -0.25) is 4.90 Å². The minimum absolute atomic E-state index is 0.315. The van der Waals surface area contributed by atoms with E-state index in [1.165, 1.54) is 19.4 Å². The molecule has 1 aromatic heterocycles. The lowest BCUT2D eigenvalue weighted by atomic mass is 10.0. The summed E-state index contributed by atoms with van der Waals surface area (Å²) in [6, 6.07) is 4.01. The Morgan fingerprint density at radius 1 is 1.40 bits per heavy atom. The summed E-state index contributed by atoms with van der Waals surface area (Å²) in [6.07, 6.45) is 2.56. The molecule has 2 rings (SSSR count). The summed E-state index contributed by atoms with van der Waals surface area (Å²) in [5, 5.41) is 0. The van der Waals surface area contributed by atoms with Crippen LogP contribution in [0.25, 0.3) is 0 Å². The molecule has 0 saturated carbocycles. The average molecular weight is 208 g/mol. The van der Waals surface area contributed by atoms with E-state index in [-0.39, 0.29) is 0 Å². The van der Waals surface area contributed by atoms with Gasteiger partial charge in [-0.05, 0) is 45.4 Å². The van der Waals surface area contributed by atoms with Crippen molar-refractivity contribution in [2.75, 3.05) is 6.54 Å². The van der Waals surface area contributed by atoms with E-state index in [1.807, 2.05) is 12.1 Å². The van der Waals surface area contributed by atoms with E-state index < -0.39 is 0 Å². The van der Waals surface area contributed by atoms with Crippen molar-refractivity contribution >= 4 is 0 Å². The van der Waals surface area contributed by atoms with Crippen LogP contribution in [0.4, 0.5) is 0 Å². The van der Waals surface area contributed by atoms with E-state index in [0.717, 1.165) is 18.1 Å². The minimum Gasteiger partial charge on any atom is -0.463 e. The predicted octanol–water partition coefficient (Wildman–Crippen LogP) is 2.11. The Labute approximate surface area is 91.2 Å². The van der Waals surface area contributed by atoms with Gasteiger partial charge < -0.3 is 10.2 Å². The molecule has 0 radical (unpaired) electrons. The molecule has 2 heterocycles. The molecule has 0 bridgehead atoms. The Bertz CT molecular complexity index is 330. The first-order chi connectivity index (χ1) is 7.12. The standard InChI is InChI=1S/C12H20N2O/c1-12(2)6-3-7-14(12)9-11-5-4-10(8-13)15-11/h4-5H,3,6-9,13H2,1-2H3. The molecule has 0 aliphatic carbocycles. The Hall–Kier alpha value is -0.800. The normalized spacial score (nSPS) is 21.0. The summed E-state index contributed by atoms with van der Waals surface area (Å²) < 4.78 is 5.62. The fourth-order valence-electron chi connectivity index (χ4n) is 2.26. The lowest BCUT2D eigenvalue weighted by Crippen LogP contribution is -2.37. The van der Waals surface area contributed by atoms with E-state index in [9.17, 15) is 0 Å². The second-order valence-electron chi connectivity index (χ2n) is 4.91. The van der Waals surface area contributed by atoms with Gasteiger partial charge in [0.15, 0.2) is 0 Å². The lowest BCUT2D eigenvalue weighted by Gasteiger charge is -2.30. The fourth-order valence-corrected chi connectivity index (χ4v) is 2.26. The third-order valence-corrected chi connectivity index (χ3v) is 3.34. The quantitative estimate of drug-likeness (QED) is 0.827. The van der Waals surface area contributed by atoms with E-state index >= 15 is 0 Å². The summed E-state index contributed by atoms with van der Waals surface area (Å²) in [6.45, 7) is 7.17. The lowest BCUT2D eigenvalue weighted by molar-refractivity contribution is 0.153. The van der Waals surface area contributed by atoms with Gasteiger partial charge in [-0.25, -0.2) is 0 Å². The second-order valence-corrected chi connectivity index (χ2v) is 4.91. The zero-order valence-electron chi connectivity index (χ0n) is 9.62. The number of hydrogen-bond donors (Lipinski definition) is 1. The first kappa shape index (κ1) is 10.7. The molecule has 1 aliphatic heterocycles. The van der Waals surface area contributed by atoms with Gasteiger partial charge >= 0.3 is 0 Å². The molecule has 15 heavy (non-hydrogen) atoms. The van der Waals surface area contributed by atoms with E-state index in [1.54, 1.807) is 0 Å². The van der Waals surface area contributed by atoms with Crippen molar-refractivity contribution in [3.8, 4) is 0 Å². The summed E-state index contributed by atoms with van der Waals surface area (Å²) >= 11 is 0.